The van der Waals surface area contributed by atoms with Crippen LogP contribution >= 0.6 is 0 Å². The smallest absolute Gasteiger partial charge is 0.264 e. The van der Waals surface area contributed by atoms with Gasteiger partial charge in [0.05, 0.1) is 10.6 Å². The maximum Gasteiger partial charge on any atom is 0.264 e. The van der Waals surface area contributed by atoms with Gasteiger partial charge in [0.1, 0.15) is 0 Å². The SMILES string of the molecule is O=C(NCC1CC1)C1CCC2(CC1)CN(S(=O)(=O)c1ccc(C(F)F)cc1)c1ccccc12. The summed E-state index contributed by atoms with van der Waals surface area (Å²) in [6.07, 6.45) is 2.67. The Hall–Kier alpha value is -2.48. The van der Waals surface area contributed by atoms with Crippen LogP contribution in [0.25, 0.3) is 0 Å². The molecule has 8 heteroatoms. The van der Waals surface area contributed by atoms with Crippen molar-refractivity contribution in [1.82, 2.24) is 5.32 Å². The van der Waals surface area contributed by atoms with Crippen LogP contribution in [0.15, 0.2) is 53.4 Å². The van der Waals surface area contributed by atoms with E-state index in [1.807, 2.05) is 24.3 Å². The fraction of sp³-hybridized carbons (Fsp3) is 0.480. The molecular weight excluding hydrogens is 446 g/mol. The van der Waals surface area contributed by atoms with E-state index in [9.17, 15) is 22.0 Å². The fourth-order valence-corrected chi connectivity index (χ4v) is 6.85. The third-order valence-electron chi connectivity index (χ3n) is 7.49. The van der Waals surface area contributed by atoms with E-state index < -0.39 is 16.4 Å². The normalized spacial score (nSPS) is 24.8. The lowest BCUT2D eigenvalue weighted by molar-refractivity contribution is -0.126. The van der Waals surface area contributed by atoms with Crippen LogP contribution in [0.3, 0.4) is 0 Å². The minimum atomic E-state index is -3.90. The average Bonchev–Trinajstić information content (AvgIpc) is 3.61. The van der Waals surface area contributed by atoms with E-state index in [-0.39, 0.29) is 27.7 Å². The summed E-state index contributed by atoms with van der Waals surface area (Å²) in [5.41, 5.74) is 1.10. The molecule has 1 spiro atoms. The van der Waals surface area contributed by atoms with E-state index in [1.165, 1.54) is 41.4 Å². The molecule has 0 bridgehead atoms. The molecule has 1 N–H and O–H groups in total. The van der Waals surface area contributed by atoms with Crippen LogP contribution in [0.5, 0.6) is 0 Å². The standard InChI is InChI=1S/C25H28F2N2O3S/c26-23(27)18-7-9-20(10-8-18)33(31,32)29-16-25(21-3-1-2-4-22(21)29)13-11-19(12-14-25)24(30)28-15-17-5-6-17/h1-4,7-10,17,19,23H,5-6,11-16H2,(H,28,30). The highest BCUT2D eigenvalue weighted by atomic mass is 32.2. The number of halogens is 2. The maximum atomic E-state index is 13.5. The number of para-hydroxylation sites is 1. The van der Waals surface area contributed by atoms with Crippen molar-refractivity contribution in [1.29, 1.82) is 0 Å². The molecule has 3 aliphatic rings. The minimum Gasteiger partial charge on any atom is -0.356 e. The van der Waals surface area contributed by atoms with Crippen molar-refractivity contribution < 1.29 is 22.0 Å². The number of hydrogen-bond acceptors (Lipinski definition) is 3. The van der Waals surface area contributed by atoms with Gasteiger partial charge in [0.2, 0.25) is 5.91 Å². The molecule has 0 radical (unpaired) electrons. The van der Waals surface area contributed by atoms with Gasteiger partial charge in [-0.2, -0.15) is 0 Å². The maximum absolute atomic E-state index is 13.5. The van der Waals surface area contributed by atoms with Crippen molar-refractivity contribution in [2.24, 2.45) is 11.8 Å². The Kier molecular flexibility index (Phi) is 5.67. The van der Waals surface area contributed by atoms with E-state index in [1.54, 1.807) is 0 Å². The van der Waals surface area contributed by atoms with Crippen LogP contribution in [0.1, 0.15) is 56.1 Å². The van der Waals surface area contributed by atoms with Crippen molar-refractivity contribution in [3.05, 3.63) is 59.7 Å². The zero-order valence-electron chi connectivity index (χ0n) is 18.3. The molecule has 0 aromatic heterocycles. The van der Waals surface area contributed by atoms with Crippen molar-refractivity contribution in [2.45, 2.75) is 55.3 Å². The second-order valence-corrected chi connectivity index (χ2v) is 11.5. The number of hydrogen-bond donors (Lipinski definition) is 1. The number of nitrogens with zero attached hydrogens (tertiary/aromatic N) is 1. The molecular formula is C25H28F2N2O3S. The Morgan fingerprint density at radius 2 is 1.70 bits per heavy atom. The van der Waals surface area contributed by atoms with Gasteiger partial charge in [-0.05, 0) is 68.2 Å². The van der Waals surface area contributed by atoms with Gasteiger partial charge < -0.3 is 5.32 Å². The Morgan fingerprint density at radius 3 is 2.33 bits per heavy atom. The van der Waals surface area contributed by atoms with Crippen LogP contribution in [-0.2, 0) is 20.2 Å². The molecule has 2 fully saturated rings. The lowest BCUT2D eigenvalue weighted by Gasteiger charge is -2.37. The molecule has 2 aromatic rings. The number of carbonyl (C=O) groups is 1. The molecule has 0 saturated heterocycles. The number of alkyl halides is 2. The van der Waals surface area contributed by atoms with Gasteiger partial charge in [-0.1, -0.05) is 30.3 Å². The number of carbonyl (C=O) groups excluding carboxylic acids is 1. The first-order valence-electron chi connectivity index (χ1n) is 11.6. The summed E-state index contributed by atoms with van der Waals surface area (Å²) in [4.78, 5) is 12.6. The van der Waals surface area contributed by atoms with Gasteiger partial charge in [-0.3, -0.25) is 9.10 Å². The molecule has 33 heavy (non-hydrogen) atoms. The third-order valence-corrected chi connectivity index (χ3v) is 9.26. The predicted molar refractivity (Wildman–Crippen MR) is 122 cm³/mol. The van der Waals surface area contributed by atoms with Gasteiger partial charge in [0.15, 0.2) is 0 Å². The van der Waals surface area contributed by atoms with Crippen LogP contribution in [-0.4, -0.2) is 27.4 Å². The van der Waals surface area contributed by atoms with Gasteiger partial charge >= 0.3 is 0 Å². The number of fused-ring (bicyclic) bond motifs is 2. The summed E-state index contributed by atoms with van der Waals surface area (Å²) < 4.78 is 54.3. The van der Waals surface area contributed by atoms with E-state index in [4.69, 9.17) is 0 Å². The summed E-state index contributed by atoms with van der Waals surface area (Å²) in [5.74, 6) is 0.722. The van der Waals surface area contributed by atoms with Gasteiger partial charge in [0, 0.05) is 30.0 Å². The molecule has 1 aliphatic heterocycles. The molecule has 2 saturated carbocycles. The van der Waals surface area contributed by atoms with E-state index in [2.05, 4.69) is 5.32 Å². The third kappa shape index (κ3) is 4.14. The number of benzene rings is 2. The topological polar surface area (TPSA) is 66.5 Å². The molecule has 5 rings (SSSR count). The molecule has 2 aromatic carbocycles. The largest absolute Gasteiger partial charge is 0.356 e. The van der Waals surface area contributed by atoms with Gasteiger partial charge in [-0.15, -0.1) is 0 Å². The van der Waals surface area contributed by atoms with Crippen molar-refractivity contribution in [3.8, 4) is 0 Å². The predicted octanol–water partition coefficient (Wildman–Crippen LogP) is 4.79. The van der Waals surface area contributed by atoms with Crippen molar-refractivity contribution in [2.75, 3.05) is 17.4 Å². The average molecular weight is 475 g/mol. The molecule has 0 atom stereocenters. The number of anilines is 1. The molecule has 1 amide bonds. The Balaban J connectivity index is 1.37. The first-order chi connectivity index (χ1) is 15.8. The second-order valence-electron chi connectivity index (χ2n) is 9.64. The number of rotatable bonds is 6. The van der Waals surface area contributed by atoms with E-state index in [0.29, 0.717) is 18.2 Å². The molecule has 5 nitrogen and oxygen atoms in total. The van der Waals surface area contributed by atoms with Crippen LogP contribution in [0, 0.1) is 11.8 Å². The fourth-order valence-electron chi connectivity index (χ4n) is 5.28. The molecule has 0 unspecified atom stereocenters. The molecule has 176 valence electrons. The summed E-state index contributed by atoms with van der Waals surface area (Å²) in [6, 6.07) is 12.4. The van der Waals surface area contributed by atoms with E-state index >= 15 is 0 Å². The highest BCUT2D eigenvalue weighted by Gasteiger charge is 2.49. The zero-order chi connectivity index (χ0) is 23.2. The van der Waals surface area contributed by atoms with Gasteiger partial charge in [-0.25, -0.2) is 17.2 Å². The second kappa shape index (κ2) is 8.38. The summed E-state index contributed by atoms with van der Waals surface area (Å²) in [6.45, 7) is 1.07. The molecule has 1 heterocycles. The quantitative estimate of drug-likeness (QED) is 0.655. The van der Waals surface area contributed by atoms with E-state index in [0.717, 1.165) is 37.8 Å². The summed E-state index contributed by atoms with van der Waals surface area (Å²) >= 11 is 0. The van der Waals surface area contributed by atoms with Gasteiger partial charge in [0.25, 0.3) is 16.4 Å². The van der Waals surface area contributed by atoms with Crippen LogP contribution in [0.4, 0.5) is 14.5 Å². The summed E-state index contributed by atoms with van der Waals surface area (Å²) in [7, 11) is -3.90. The van der Waals surface area contributed by atoms with Crippen molar-refractivity contribution >= 4 is 21.6 Å². The molecule has 2 aliphatic carbocycles. The van der Waals surface area contributed by atoms with Crippen molar-refractivity contribution in [3.63, 3.8) is 0 Å². The first kappa shape index (κ1) is 22.3. The van der Waals surface area contributed by atoms with Crippen LogP contribution in [0.2, 0.25) is 0 Å². The number of sulfonamides is 1. The monoisotopic (exact) mass is 474 g/mol. The first-order valence-corrected chi connectivity index (χ1v) is 13.0. The lowest BCUT2D eigenvalue weighted by Crippen LogP contribution is -2.42. The van der Waals surface area contributed by atoms with Crippen LogP contribution < -0.4 is 9.62 Å². The number of amides is 1. The Morgan fingerprint density at radius 1 is 1.03 bits per heavy atom. The Bertz CT molecular complexity index is 1140. The highest BCUT2D eigenvalue weighted by molar-refractivity contribution is 7.92. The lowest BCUT2D eigenvalue weighted by atomic mass is 9.67. The highest BCUT2D eigenvalue weighted by Crippen LogP contribution is 2.51. The minimum absolute atomic E-state index is 0.00638. The Labute approximate surface area is 193 Å². The number of nitrogens with one attached hydrogen (secondary N) is 1. The summed E-state index contributed by atoms with van der Waals surface area (Å²) in [5, 5.41) is 3.08. The zero-order valence-corrected chi connectivity index (χ0v) is 19.2.